The van der Waals surface area contributed by atoms with Crippen LogP contribution in [-0.2, 0) is 4.79 Å². The van der Waals surface area contributed by atoms with Crippen LogP contribution in [0.15, 0.2) is 18.2 Å². The average molecular weight is 278 g/mol. The van der Waals surface area contributed by atoms with Crippen molar-refractivity contribution in [3.05, 3.63) is 29.3 Å². The Morgan fingerprint density at radius 2 is 1.90 bits per heavy atom. The first-order valence-electron chi connectivity index (χ1n) is 6.67. The molecular formula is C15H22N2O3. The van der Waals surface area contributed by atoms with Crippen molar-refractivity contribution in [1.29, 1.82) is 0 Å². The highest BCUT2D eigenvalue weighted by molar-refractivity contribution is 5.92. The largest absolute Gasteiger partial charge is 0.480 e. The summed E-state index contributed by atoms with van der Waals surface area (Å²) in [4.78, 5) is 23.0. The van der Waals surface area contributed by atoms with E-state index < -0.39 is 18.0 Å². The topological polar surface area (TPSA) is 78.4 Å². The zero-order valence-electron chi connectivity index (χ0n) is 12.4. The van der Waals surface area contributed by atoms with Gasteiger partial charge in [-0.3, -0.25) is 0 Å². The molecule has 0 bridgehead atoms. The number of carbonyl (C=O) groups is 2. The molecule has 20 heavy (non-hydrogen) atoms. The van der Waals surface area contributed by atoms with Crippen molar-refractivity contribution in [3.63, 3.8) is 0 Å². The maximum Gasteiger partial charge on any atom is 0.326 e. The number of hydrogen-bond donors (Lipinski definition) is 3. The van der Waals surface area contributed by atoms with E-state index in [4.69, 9.17) is 5.11 Å². The number of aryl methyl sites for hydroxylation is 2. The van der Waals surface area contributed by atoms with Gasteiger partial charge in [-0.15, -0.1) is 0 Å². The molecule has 0 spiro atoms. The van der Waals surface area contributed by atoms with Crippen molar-refractivity contribution in [2.24, 2.45) is 5.92 Å². The molecule has 5 heteroatoms. The van der Waals surface area contributed by atoms with E-state index >= 15 is 0 Å². The van der Waals surface area contributed by atoms with Crippen LogP contribution in [-0.4, -0.2) is 23.1 Å². The van der Waals surface area contributed by atoms with E-state index in [1.54, 1.807) is 0 Å². The second kappa shape index (κ2) is 6.93. The quantitative estimate of drug-likeness (QED) is 0.775. The van der Waals surface area contributed by atoms with E-state index in [-0.39, 0.29) is 5.92 Å². The Balaban J connectivity index is 2.70. The maximum absolute atomic E-state index is 11.9. The molecule has 1 atom stereocenters. The molecule has 3 N–H and O–H groups in total. The van der Waals surface area contributed by atoms with Crippen LogP contribution in [0.25, 0.3) is 0 Å². The molecule has 110 valence electrons. The minimum atomic E-state index is -1.02. The van der Waals surface area contributed by atoms with Gasteiger partial charge in [0.25, 0.3) is 0 Å². The van der Waals surface area contributed by atoms with Crippen LogP contribution in [0.2, 0.25) is 0 Å². The third-order valence-corrected chi connectivity index (χ3v) is 2.95. The molecule has 2 amide bonds. The summed E-state index contributed by atoms with van der Waals surface area (Å²) in [6, 6.07) is 4.35. The van der Waals surface area contributed by atoms with Gasteiger partial charge < -0.3 is 15.7 Å². The Morgan fingerprint density at radius 1 is 1.25 bits per heavy atom. The van der Waals surface area contributed by atoms with E-state index in [2.05, 4.69) is 10.6 Å². The zero-order valence-corrected chi connectivity index (χ0v) is 12.4. The Hall–Kier alpha value is -2.04. The van der Waals surface area contributed by atoms with Crippen LogP contribution in [0.5, 0.6) is 0 Å². The number of carbonyl (C=O) groups excluding carboxylic acids is 1. The summed E-state index contributed by atoms with van der Waals surface area (Å²) < 4.78 is 0. The first-order valence-corrected chi connectivity index (χ1v) is 6.67. The first-order chi connectivity index (χ1) is 9.29. The molecule has 0 heterocycles. The summed E-state index contributed by atoms with van der Waals surface area (Å²) in [5.41, 5.74) is 2.65. The van der Waals surface area contributed by atoms with Crippen LogP contribution in [0.3, 0.4) is 0 Å². The molecule has 1 aromatic carbocycles. The molecule has 0 aromatic heterocycles. The lowest BCUT2D eigenvalue weighted by Crippen LogP contribution is -2.43. The lowest BCUT2D eigenvalue weighted by atomic mass is 10.0. The van der Waals surface area contributed by atoms with Crippen LogP contribution >= 0.6 is 0 Å². The van der Waals surface area contributed by atoms with Crippen LogP contribution in [0.4, 0.5) is 10.5 Å². The predicted molar refractivity (Wildman–Crippen MR) is 78.9 cm³/mol. The van der Waals surface area contributed by atoms with Gasteiger partial charge in [0.2, 0.25) is 0 Å². The van der Waals surface area contributed by atoms with Gasteiger partial charge in [-0.2, -0.15) is 0 Å². The number of amides is 2. The highest BCUT2D eigenvalue weighted by Crippen LogP contribution is 2.16. The van der Waals surface area contributed by atoms with Gasteiger partial charge in [0.1, 0.15) is 6.04 Å². The van der Waals surface area contributed by atoms with Crippen molar-refractivity contribution >= 4 is 17.7 Å². The molecule has 1 aromatic rings. The van der Waals surface area contributed by atoms with E-state index in [1.807, 2.05) is 45.9 Å². The highest BCUT2D eigenvalue weighted by atomic mass is 16.4. The fraction of sp³-hybridized carbons (Fsp3) is 0.467. The van der Waals surface area contributed by atoms with Gasteiger partial charge in [0.15, 0.2) is 0 Å². The normalized spacial score (nSPS) is 12.1. The van der Waals surface area contributed by atoms with Crippen LogP contribution < -0.4 is 10.6 Å². The number of carboxylic acid groups (broad SMARTS) is 1. The van der Waals surface area contributed by atoms with Gasteiger partial charge in [0.05, 0.1) is 0 Å². The van der Waals surface area contributed by atoms with Crippen molar-refractivity contribution < 1.29 is 14.7 Å². The predicted octanol–water partition coefficient (Wildman–Crippen LogP) is 2.92. The molecule has 0 fully saturated rings. The van der Waals surface area contributed by atoms with Gasteiger partial charge in [-0.25, -0.2) is 9.59 Å². The highest BCUT2D eigenvalue weighted by Gasteiger charge is 2.21. The fourth-order valence-corrected chi connectivity index (χ4v) is 1.88. The Morgan fingerprint density at radius 3 is 2.45 bits per heavy atom. The smallest absolute Gasteiger partial charge is 0.326 e. The number of aliphatic carboxylic acids is 1. The molecule has 0 aliphatic carbocycles. The van der Waals surface area contributed by atoms with Crippen molar-refractivity contribution in [3.8, 4) is 0 Å². The molecule has 5 nitrogen and oxygen atoms in total. The van der Waals surface area contributed by atoms with E-state index in [9.17, 15) is 9.59 Å². The molecule has 0 aliphatic heterocycles. The third-order valence-electron chi connectivity index (χ3n) is 2.95. The average Bonchev–Trinajstić information content (AvgIpc) is 2.32. The number of urea groups is 1. The molecule has 1 rings (SSSR count). The number of rotatable bonds is 5. The fourth-order valence-electron chi connectivity index (χ4n) is 1.88. The van der Waals surface area contributed by atoms with Crippen LogP contribution in [0.1, 0.15) is 31.4 Å². The van der Waals surface area contributed by atoms with E-state index in [0.29, 0.717) is 12.1 Å². The minimum absolute atomic E-state index is 0.192. The second-order valence-electron chi connectivity index (χ2n) is 5.44. The molecule has 0 aliphatic rings. The molecule has 0 saturated heterocycles. The van der Waals surface area contributed by atoms with E-state index in [1.165, 1.54) is 0 Å². The number of carboxylic acids is 1. The zero-order chi connectivity index (χ0) is 15.3. The summed E-state index contributed by atoms with van der Waals surface area (Å²) >= 11 is 0. The van der Waals surface area contributed by atoms with Gasteiger partial charge >= 0.3 is 12.0 Å². The molecule has 0 unspecified atom stereocenters. The number of anilines is 1. The summed E-state index contributed by atoms with van der Waals surface area (Å²) in [5, 5.41) is 14.3. The summed E-state index contributed by atoms with van der Waals surface area (Å²) in [6.45, 7) is 7.65. The Kier molecular flexibility index (Phi) is 5.55. The number of nitrogens with one attached hydrogen (secondary N) is 2. The first kappa shape index (κ1) is 16.0. The monoisotopic (exact) mass is 278 g/mol. The Bertz CT molecular complexity index is 498. The van der Waals surface area contributed by atoms with Gasteiger partial charge in [-0.1, -0.05) is 26.0 Å². The second-order valence-corrected chi connectivity index (χ2v) is 5.44. The van der Waals surface area contributed by atoms with Crippen LogP contribution in [0, 0.1) is 19.8 Å². The maximum atomic E-state index is 11.9. The summed E-state index contributed by atoms with van der Waals surface area (Å²) in [5.74, 6) is -0.827. The number of benzene rings is 1. The SMILES string of the molecule is Cc1ccc(C)c(NC(=O)N[C@H](CC(C)C)C(=O)O)c1. The number of hydrogen-bond acceptors (Lipinski definition) is 2. The van der Waals surface area contributed by atoms with Gasteiger partial charge in [-0.05, 0) is 43.4 Å². The van der Waals surface area contributed by atoms with Crippen molar-refractivity contribution in [2.45, 2.75) is 40.2 Å². The molecular weight excluding hydrogens is 256 g/mol. The molecule has 0 saturated carbocycles. The van der Waals surface area contributed by atoms with Crippen molar-refractivity contribution in [1.82, 2.24) is 5.32 Å². The lowest BCUT2D eigenvalue weighted by molar-refractivity contribution is -0.139. The summed E-state index contributed by atoms with van der Waals surface area (Å²) in [6.07, 6.45) is 0.398. The minimum Gasteiger partial charge on any atom is -0.480 e. The standard InChI is InChI=1S/C15H22N2O3/c1-9(2)7-13(14(18)19)17-15(20)16-12-8-10(3)5-6-11(12)4/h5-6,8-9,13H,7H2,1-4H3,(H,18,19)(H2,16,17,20)/t13-/m1/s1. The van der Waals surface area contributed by atoms with Crippen molar-refractivity contribution in [2.75, 3.05) is 5.32 Å². The third kappa shape index (κ3) is 4.91. The van der Waals surface area contributed by atoms with Gasteiger partial charge in [0, 0.05) is 5.69 Å². The summed E-state index contributed by atoms with van der Waals surface area (Å²) in [7, 11) is 0. The lowest BCUT2D eigenvalue weighted by Gasteiger charge is -2.17. The molecule has 0 radical (unpaired) electrons. The Labute approximate surface area is 119 Å². The van der Waals surface area contributed by atoms with E-state index in [0.717, 1.165) is 11.1 Å².